The van der Waals surface area contributed by atoms with Gasteiger partial charge in [-0.3, -0.25) is 4.79 Å². The zero-order chi connectivity index (χ0) is 14.6. The third kappa shape index (κ3) is 3.37. The van der Waals surface area contributed by atoms with Gasteiger partial charge in [-0.25, -0.2) is 17.6 Å². The summed E-state index contributed by atoms with van der Waals surface area (Å²) in [4.78, 5) is 11.4. The zero-order valence-electron chi connectivity index (χ0n) is 9.86. The maximum absolute atomic E-state index is 13.3. The van der Waals surface area contributed by atoms with Crippen molar-refractivity contribution in [2.45, 2.75) is 13.0 Å². The molecule has 2 N–H and O–H groups in total. The standard InChI is InChI=1S/C12H10F4N2O/c1-3-4-17-12(19)6(2)18-11-9(15)7(13)5-8(14)10(11)16/h1,5-6,18H,4H2,2H3,(H,17,19). The molecular weight excluding hydrogens is 264 g/mol. The predicted molar refractivity (Wildman–Crippen MR) is 61.2 cm³/mol. The van der Waals surface area contributed by atoms with Gasteiger partial charge in [0.05, 0.1) is 6.54 Å². The molecule has 1 aromatic carbocycles. The van der Waals surface area contributed by atoms with Crippen LogP contribution in [0.15, 0.2) is 6.07 Å². The number of carbonyl (C=O) groups excluding carboxylic acids is 1. The van der Waals surface area contributed by atoms with E-state index in [4.69, 9.17) is 6.42 Å². The number of carbonyl (C=O) groups is 1. The van der Waals surface area contributed by atoms with E-state index >= 15 is 0 Å². The molecule has 19 heavy (non-hydrogen) atoms. The van der Waals surface area contributed by atoms with Crippen molar-refractivity contribution in [3.05, 3.63) is 29.3 Å². The minimum atomic E-state index is -1.60. The van der Waals surface area contributed by atoms with Crippen molar-refractivity contribution in [1.29, 1.82) is 0 Å². The summed E-state index contributed by atoms with van der Waals surface area (Å²) >= 11 is 0. The average molecular weight is 274 g/mol. The molecule has 0 radical (unpaired) electrons. The summed E-state index contributed by atoms with van der Waals surface area (Å²) in [5, 5.41) is 4.31. The summed E-state index contributed by atoms with van der Waals surface area (Å²) in [6.07, 6.45) is 4.91. The first-order valence-corrected chi connectivity index (χ1v) is 5.19. The SMILES string of the molecule is C#CCNC(=O)C(C)Nc1c(F)c(F)cc(F)c1F. The number of terminal acetylenes is 1. The van der Waals surface area contributed by atoms with Crippen LogP contribution in [0.4, 0.5) is 23.2 Å². The maximum atomic E-state index is 13.3. The van der Waals surface area contributed by atoms with Crippen LogP contribution in [0.1, 0.15) is 6.92 Å². The van der Waals surface area contributed by atoms with Crippen molar-refractivity contribution < 1.29 is 22.4 Å². The van der Waals surface area contributed by atoms with Gasteiger partial charge >= 0.3 is 0 Å². The predicted octanol–water partition coefficient (Wildman–Crippen LogP) is 1.79. The lowest BCUT2D eigenvalue weighted by molar-refractivity contribution is -0.121. The van der Waals surface area contributed by atoms with E-state index in [-0.39, 0.29) is 12.6 Å². The molecule has 1 aromatic rings. The van der Waals surface area contributed by atoms with Crippen molar-refractivity contribution in [1.82, 2.24) is 5.32 Å². The number of amides is 1. The second-order valence-corrected chi connectivity index (χ2v) is 3.63. The van der Waals surface area contributed by atoms with Gasteiger partial charge in [0.25, 0.3) is 0 Å². The fraction of sp³-hybridized carbons (Fsp3) is 0.250. The Bertz CT molecular complexity index is 513. The number of rotatable bonds is 4. The Kier molecular flexibility index (Phi) is 4.75. The van der Waals surface area contributed by atoms with Crippen molar-refractivity contribution in [2.24, 2.45) is 0 Å². The van der Waals surface area contributed by atoms with Gasteiger partial charge in [-0.05, 0) is 6.92 Å². The highest BCUT2D eigenvalue weighted by Crippen LogP contribution is 2.24. The zero-order valence-corrected chi connectivity index (χ0v) is 9.86. The lowest BCUT2D eigenvalue weighted by Crippen LogP contribution is -2.38. The van der Waals surface area contributed by atoms with Crippen LogP contribution in [0.5, 0.6) is 0 Å². The fourth-order valence-corrected chi connectivity index (χ4v) is 1.27. The van der Waals surface area contributed by atoms with Crippen LogP contribution in [0.3, 0.4) is 0 Å². The minimum absolute atomic E-state index is 0.0761. The molecule has 7 heteroatoms. The van der Waals surface area contributed by atoms with Crippen LogP contribution in [0.25, 0.3) is 0 Å². The average Bonchev–Trinajstić information content (AvgIpc) is 2.38. The van der Waals surface area contributed by atoms with Crippen LogP contribution in [-0.2, 0) is 4.79 Å². The van der Waals surface area contributed by atoms with Gasteiger partial charge in [0.2, 0.25) is 5.91 Å². The molecule has 102 valence electrons. The number of hydrogen-bond acceptors (Lipinski definition) is 2. The molecule has 1 atom stereocenters. The van der Waals surface area contributed by atoms with Crippen LogP contribution >= 0.6 is 0 Å². The second-order valence-electron chi connectivity index (χ2n) is 3.63. The van der Waals surface area contributed by atoms with Gasteiger partial charge in [-0.15, -0.1) is 6.42 Å². The Morgan fingerprint density at radius 1 is 1.32 bits per heavy atom. The summed E-state index contributed by atoms with van der Waals surface area (Å²) in [5.74, 6) is -4.85. The molecule has 0 heterocycles. The highest BCUT2D eigenvalue weighted by atomic mass is 19.2. The van der Waals surface area contributed by atoms with E-state index in [1.165, 1.54) is 6.92 Å². The summed E-state index contributed by atoms with van der Waals surface area (Å²) in [7, 11) is 0. The lowest BCUT2D eigenvalue weighted by Gasteiger charge is -2.16. The van der Waals surface area contributed by atoms with Crippen molar-refractivity contribution in [2.75, 3.05) is 11.9 Å². The monoisotopic (exact) mass is 274 g/mol. The summed E-state index contributed by atoms with van der Waals surface area (Å²) < 4.78 is 52.5. The minimum Gasteiger partial charge on any atom is -0.369 e. The Morgan fingerprint density at radius 3 is 2.32 bits per heavy atom. The van der Waals surface area contributed by atoms with Crippen molar-refractivity contribution >= 4 is 11.6 Å². The molecule has 0 aliphatic carbocycles. The molecule has 3 nitrogen and oxygen atoms in total. The van der Waals surface area contributed by atoms with Crippen LogP contribution in [0, 0.1) is 35.6 Å². The smallest absolute Gasteiger partial charge is 0.242 e. The molecule has 1 rings (SSSR count). The first-order chi connectivity index (χ1) is 8.88. The van der Waals surface area contributed by atoms with E-state index in [0.29, 0.717) is 0 Å². The molecule has 0 spiro atoms. The normalized spacial score (nSPS) is 11.6. The van der Waals surface area contributed by atoms with Crippen LogP contribution in [-0.4, -0.2) is 18.5 Å². The quantitative estimate of drug-likeness (QED) is 0.499. The molecule has 0 aliphatic heterocycles. The molecule has 1 unspecified atom stereocenters. The maximum Gasteiger partial charge on any atom is 0.242 e. The van der Waals surface area contributed by atoms with E-state index < -0.39 is 40.9 Å². The highest BCUT2D eigenvalue weighted by molar-refractivity contribution is 5.84. The van der Waals surface area contributed by atoms with Gasteiger partial charge in [0.15, 0.2) is 23.3 Å². The lowest BCUT2D eigenvalue weighted by atomic mass is 10.2. The van der Waals surface area contributed by atoms with Gasteiger partial charge in [0.1, 0.15) is 11.7 Å². The summed E-state index contributed by atoms with van der Waals surface area (Å²) in [5.41, 5.74) is -1.04. The van der Waals surface area contributed by atoms with Crippen LogP contribution in [0.2, 0.25) is 0 Å². The van der Waals surface area contributed by atoms with Crippen LogP contribution < -0.4 is 10.6 Å². The Hall–Kier alpha value is -2.23. The van der Waals surface area contributed by atoms with E-state index in [1.54, 1.807) is 0 Å². The Labute approximate surface area is 107 Å². The summed E-state index contributed by atoms with van der Waals surface area (Å²) in [6.45, 7) is 1.18. The fourth-order valence-electron chi connectivity index (χ4n) is 1.27. The molecule has 0 fully saturated rings. The molecule has 0 bridgehead atoms. The first kappa shape index (κ1) is 14.8. The molecule has 0 aliphatic rings. The van der Waals surface area contributed by atoms with E-state index in [9.17, 15) is 22.4 Å². The largest absolute Gasteiger partial charge is 0.369 e. The molecule has 0 saturated carbocycles. The number of benzene rings is 1. The molecule has 0 saturated heterocycles. The van der Waals surface area contributed by atoms with E-state index in [2.05, 4.69) is 16.6 Å². The van der Waals surface area contributed by atoms with Gasteiger partial charge in [-0.1, -0.05) is 5.92 Å². The molecule has 0 aromatic heterocycles. The number of nitrogens with one attached hydrogen (secondary N) is 2. The Balaban J connectivity index is 2.94. The van der Waals surface area contributed by atoms with Crippen molar-refractivity contribution in [3.8, 4) is 12.3 Å². The van der Waals surface area contributed by atoms with Crippen molar-refractivity contribution in [3.63, 3.8) is 0 Å². The van der Waals surface area contributed by atoms with E-state index in [1.807, 2.05) is 0 Å². The number of halogens is 4. The Morgan fingerprint density at radius 2 is 1.84 bits per heavy atom. The topological polar surface area (TPSA) is 41.1 Å². The molecule has 1 amide bonds. The van der Waals surface area contributed by atoms with Gasteiger partial charge < -0.3 is 10.6 Å². The highest BCUT2D eigenvalue weighted by Gasteiger charge is 2.22. The molecular formula is C12H10F4N2O. The van der Waals surface area contributed by atoms with E-state index in [0.717, 1.165) is 0 Å². The third-order valence-corrected chi connectivity index (χ3v) is 2.23. The number of anilines is 1. The second kappa shape index (κ2) is 6.09. The third-order valence-electron chi connectivity index (χ3n) is 2.23. The summed E-state index contributed by atoms with van der Waals surface area (Å²) in [6, 6.07) is -1.04. The van der Waals surface area contributed by atoms with Gasteiger partial charge in [-0.2, -0.15) is 0 Å². The van der Waals surface area contributed by atoms with Gasteiger partial charge in [0, 0.05) is 6.07 Å². The number of hydrogen-bond donors (Lipinski definition) is 2. The first-order valence-electron chi connectivity index (χ1n) is 5.19.